The van der Waals surface area contributed by atoms with Crippen LogP contribution in [-0.4, -0.2) is 22.3 Å². The molecule has 3 N–H and O–H groups in total. The highest BCUT2D eigenvalue weighted by Crippen LogP contribution is 2.19. The van der Waals surface area contributed by atoms with Crippen LogP contribution in [0.1, 0.15) is 38.2 Å². The van der Waals surface area contributed by atoms with Gasteiger partial charge in [0.1, 0.15) is 0 Å². The van der Waals surface area contributed by atoms with Crippen LogP contribution in [0.2, 0.25) is 0 Å². The van der Waals surface area contributed by atoms with Crippen molar-refractivity contribution >= 4 is 5.96 Å². The molecular formula is C18H27N5. The number of hydrogen-bond donors (Lipinski definition) is 2. The van der Waals surface area contributed by atoms with Gasteiger partial charge in [-0.2, -0.15) is 5.10 Å². The number of hydrogen-bond acceptors (Lipinski definition) is 2. The molecule has 2 aromatic rings. The van der Waals surface area contributed by atoms with Crippen molar-refractivity contribution in [2.75, 3.05) is 6.54 Å². The van der Waals surface area contributed by atoms with Crippen molar-refractivity contribution < 1.29 is 0 Å². The van der Waals surface area contributed by atoms with Gasteiger partial charge in [-0.25, -0.2) is 4.99 Å². The van der Waals surface area contributed by atoms with E-state index >= 15 is 0 Å². The molecule has 0 saturated heterocycles. The van der Waals surface area contributed by atoms with Crippen LogP contribution in [-0.2, 0) is 13.6 Å². The molecule has 0 spiro atoms. The zero-order valence-electron chi connectivity index (χ0n) is 14.1. The minimum absolute atomic E-state index is 0.522. The summed E-state index contributed by atoms with van der Waals surface area (Å²) in [5.41, 5.74) is 9.32. The largest absolute Gasteiger partial charge is 0.370 e. The Kier molecular flexibility index (Phi) is 6.66. The van der Waals surface area contributed by atoms with Gasteiger partial charge in [-0.3, -0.25) is 4.68 Å². The number of unbranched alkanes of at least 4 members (excludes halogenated alkanes) is 3. The minimum Gasteiger partial charge on any atom is -0.370 e. The van der Waals surface area contributed by atoms with Gasteiger partial charge in [0, 0.05) is 25.4 Å². The highest BCUT2D eigenvalue weighted by Gasteiger charge is 2.01. The maximum Gasteiger partial charge on any atom is 0.188 e. The predicted octanol–water partition coefficient (Wildman–Crippen LogP) is 3.07. The molecule has 1 aromatic carbocycles. The quantitative estimate of drug-likeness (QED) is 0.447. The van der Waals surface area contributed by atoms with Gasteiger partial charge in [-0.1, -0.05) is 44.4 Å². The van der Waals surface area contributed by atoms with Crippen molar-refractivity contribution in [3.05, 3.63) is 42.2 Å². The average molecular weight is 313 g/mol. The maximum absolute atomic E-state index is 5.91. The normalized spacial score (nSPS) is 11.7. The Hall–Kier alpha value is -2.30. The second-order valence-electron chi connectivity index (χ2n) is 5.79. The predicted molar refractivity (Wildman–Crippen MR) is 96.1 cm³/mol. The monoisotopic (exact) mass is 313 g/mol. The number of aryl methyl sites for hydroxylation is 1. The molecule has 124 valence electrons. The summed E-state index contributed by atoms with van der Waals surface area (Å²) < 4.78 is 1.81. The molecule has 23 heavy (non-hydrogen) atoms. The number of benzene rings is 1. The zero-order valence-corrected chi connectivity index (χ0v) is 14.1. The molecule has 0 unspecified atom stereocenters. The van der Waals surface area contributed by atoms with Crippen molar-refractivity contribution in [3.8, 4) is 11.1 Å². The molecule has 0 atom stereocenters. The van der Waals surface area contributed by atoms with Crippen molar-refractivity contribution in [1.82, 2.24) is 15.1 Å². The van der Waals surface area contributed by atoms with Crippen LogP contribution in [0.3, 0.4) is 0 Å². The summed E-state index contributed by atoms with van der Waals surface area (Å²) >= 11 is 0. The Labute approximate surface area is 138 Å². The molecule has 0 bridgehead atoms. The van der Waals surface area contributed by atoms with Gasteiger partial charge in [0.05, 0.1) is 12.7 Å². The molecule has 0 aliphatic rings. The molecule has 0 fully saturated rings. The van der Waals surface area contributed by atoms with Gasteiger partial charge >= 0.3 is 0 Å². The Bertz CT molecular complexity index is 630. The van der Waals surface area contributed by atoms with Gasteiger partial charge < -0.3 is 11.1 Å². The van der Waals surface area contributed by atoms with Crippen molar-refractivity contribution in [2.24, 2.45) is 17.8 Å². The van der Waals surface area contributed by atoms with Gasteiger partial charge in [0.25, 0.3) is 0 Å². The lowest BCUT2D eigenvalue weighted by molar-refractivity contribution is 0.652. The molecule has 1 aromatic heterocycles. The number of nitrogens with zero attached hydrogens (tertiary/aromatic N) is 3. The van der Waals surface area contributed by atoms with Crippen LogP contribution in [0.4, 0.5) is 0 Å². The van der Waals surface area contributed by atoms with Crippen LogP contribution in [0.15, 0.2) is 41.7 Å². The van der Waals surface area contributed by atoms with E-state index in [2.05, 4.69) is 40.5 Å². The summed E-state index contributed by atoms with van der Waals surface area (Å²) in [6, 6.07) is 8.33. The highest BCUT2D eigenvalue weighted by atomic mass is 15.2. The lowest BCUT2D eigenvalue weighted by atomic mass is 10.1. The average Bonchev–Trinajstić information content (AvgIpc) is 2.99. The SMILES string of the molecule is CCCCCCNC(N)=NCc1cccc(-c2cnn(C)c2)c1. The maximum atomic E-state index is 5.91. The van der Waals surface area contributed by atoms with E-state index in [1.54, 1.807) is 4.68 Å². The first-order chi connectivity index (χ1) is 11.2. The third kappa shape index (κ3) is 5.77. The third-order valence-electron chi connectivity index (χ3n) is 3.73. The minimum atomic E-state index is 0.522. The Morgan fingerprint density at radius 1 is 1.26 bits per heavy atom. The summed E-state index contributed by atoms with van der Waals surface area (Å²) in [7, 11) is 1.92. The summed E-state index contributed by atoms with van der Waals surface area (Å²) in [4.78, 5) is 4.41. The topological polar surface area (TPSA) is 68.2 Å². The molecule has 5 heteroatoms. The fourth-order valence-electron chi connectivity index (χ4n) is 2.42. The van der Waals surface area contributed by atoms with Crippen molar-refractivity contribution in [3.63, 3.8) is 0 Å². The molecular weight excluding hydrogens is 286 g/mol. The van der Waals surface area contributed by atoms with E-state index in [0.29, 0.717) is 12.5 Å². The fraction of sp³-hybridized carbons (Fsp3) is 0.444. The molecule has 2 rings (SSSR count). The number of nitrogens with one attached hydrogen (secondary N) is 1. The van der Waals surface area contributed by atoms with Crippen LogP contribution in [0, 0.1) is 0 Å². The third-order valence-corrected chi connectivity index (χ3v) is 3.73. The van der Waals surface area contributed by atoms with E-state index < -0.39 is 0 Å². The lowest BCUT2D eigenvalue weighted by Crippen LogP contribution is -2.32. The first-order valence-corrected chi connectivity index (χ1v) is 8.31. The number of nitrogens with two attached hydrogens (primary N) is 1. The number of rotatable bonds is 8. The van der Waals surface area contributed by atoms with Crippen LogP contribution in [0.25, 0.3) is 11.1 Å². The van der Waals surface area contributed by atoms with Crippen LogP contribution in [0.5, 0.6) is 0 Å². The molecule has 0 aliphatic heterocycles. The summed E-state index contributed by atoms with van der Waals surface area (Å²) in [5, 5.41) is 7.39. The number of aliphatic imine (C=N–C) groups is 1. The second-order valence-corrected chi connectivity index (χ2v) is 5.79. The Morgan fingerprint density at radius 3 is 2.87 bits per heavy atom. The van der Waals surface area contributed by atoms with E-state index in [9.17, 15) is 0 Å². The van der Waals surface area contributed by atoms with E-state index in [1.807, 2.05) is 25.5 Å². The van der Waals surface area contributed by atoms with Crippen LogP contribution >= 0.6 is 0 Å². The van der Waals surface area contributed by atoms with E-state index in [-0.39, 0.29) is 0 Å². The fourth-order valence-corrected chi connectivity index (χ4v) is 2.42. The highest BCUT2D eigenvalue weighted by molar-refractivity contribution is 5.77. The van der Waals surface area contributed by atoms with Crippen molar-refractivity contribution in [2.45, 2.75) is 39.2 Å². The van der Waals surface area contributed by atoms with Gasteiger partial charge in [0.15, 0.2) is 5.96 Å². The van der Waals surface area contributed by atoms with Crippen LogP contribution < -0.4 is 11.1 Å². The Morgan fingerprint density at radius 2 is 2.13 bits per heavy atom. The standard InChI is InChI=1S/C18H27N5/c1-3-4-5-6-10-20-18(19)21-12-15-8-7-9-16(11-15)17-13-22-23(2)14-17/h7-9,11,13-14H,3-6,10,12H2,1-2H3,(H3,19,20,21). The number of guanidine groups is 1. The molecule has 0 amide bonds. The number of aromatic nitrogens is 2. The lowest BCUT2D eigenvalue weighted by Gasteiger charge is -2.06. The van der Waals surface area contributed by atoms with E-state index in [1.165, 1.54) is 19.3 Å². The molecule has 5 nitrogen and oxygen atoms in total. The second kappa shape index (κ2) is 8.98. The zero-order chi connectivity index (χ0) is 16.5. The first kappa shape index (κ1) is 17.1. The van der Waals surface area contributed by atoms with E-state index in [0.717, 1.165) is 29.7 Å². The van der Waals surface area contributed by atoms with Gasteiger partial charge in [0.2, 0.25) is 0 Å². The smallest absolute Gasteiger partial charge is 0.188 e. The first-order valence-electron chi connectivity index (χ1n) is 8.31. The molecule has 0 radical (unpaired) electrons. The van der Waals surface area contributed by atoms with E-state index in [4.69, 9.17) is 5.73 Å². The molecule has 0 aliphatic carbocycles. The summed E-state index contributed by atoms with van der Waals surface area (Å²) in [6.07, 6.45) is 8.78. The molecule has 0 saturated carbocycles. The van der Waals surface area contributed by atoms with Crippen molar-refractivity contribution in [1.29, 1.82) is 0 Å². The summed E-state index contributed by atoms with van der Waals surface area (Å²) in [5.74, 6) is 0.522. The molecule has 1 heterocycles. The Balaban J connectivity index is 1.86. The van der Waals surface area contributed by atoms with Gasteiger partial charge in [-0.15, -0.1) is 0 Å². The van der Waals surface area contributed by atoms with Gasteiger partial charge in [-0.05, 0) is 23.6 Å². The summed E-state index contributed by atoms with van der Waals surface area (Å²) in [6.45, 7) is 3.69.